The van der Waals surface area contributed by atoms with Crippen LogP contribution in [0, 0.1) is 18.3 Å². The highest BCUT2D eigenvalue weighted by molar-refractivity contribution is 5.84. The number of unbranched alkanes of at least 4 members (excludes halogenated alkanes) is 1. The van der Waals surface area contributed by atoms with Gasteiger partial charge in [-0.05, 0) is 37.1 Å². The maximum atomic E-state index is 11.6. The normalized spacial score (nSPS) is 10.4. The van der Waals surface area contributed by atoms with Crippen LogP contribution in [-0.4, -0.2) is 6.61 Å². The van der Waals surface area contributed by atoms with E-state index < -0.39 is 5.63 Å². The second-order valence-corrected chi connectivity index (χ2v) is 4.44. The molecule has 0 spiro atoms. The summed E-state index contributed by atoms with van der Waals surface area (Å²) < 4.78 is 10.9. The molecule has 1 aromatic carbocycles. The van der Waals surface area contributed by atoms with Crippen LogP contribution in [0.1, 0.15) is 30.9 Å². The number of hydrogen-bond donors (Lipinski definition) is 0. The van der Waals surface area contributed by atoms with Gasteiger partial charge >= 0.3 is 5.63 Å². The third-order valence-electron chi connectivity index (χ3n) is 2.82. The summed E-state index contributed by atoms with van der Waals surface area (Å²) in [6.45, 7) is 4.60. The van der Waals surface area contributed by atoms with Crippen molar-refractivity contribution in [2.24, 2.45) is 0 Å². The first-order chi connectivity index (χ1) is 9.15. The molecule has 0 bridgehead atoms. The Kier molecular flexibility index (Phi) is 3.86. The number of hydrogen-bond acceptors (Lipinski definition) is 4. The number of rotatable bonds is 4. The van der Waals surface area contributed by atoms with E-state index in [9.17, 15) is 4.79 Å². The van der Waals surface area contributed by atoms with Crippen LogP contribution in [0.15, 0.2) is 27.4 Å². The Labute approximate surface area is 111 Å². The van der Waals surface area contributed by atoms with Crippen molar-refractivity contribution in [3.05, 3.63) is 39.7 Å². The molecule has 0 fully saturated rings. The fourth-order valence-corrected chi connectivity index (χ4v) is 1.86. The molecule has 1 aromatic heterocycles. The number of nitriles is 1. The Morgan fingerprint density at radius 3 is 2.84 bits per heavy atom. The summed E-state index contributed by atoms with van der Waals surface area (Å²) in [5, 5.41) is 9.56. The first kappa shape index (κ1) is 13.2. The van der Waals surface area contributed by atoms with E-state index in [2.05, 4.69) is 6.92 Å². The Morgan fingerprint density at radius 1 is 1.37 bits per heavy atom. The molecule has 0 saturated carbocycles. The molecule has 1 heterocycles. The lowest BCUT2D eigenvalue weighted by atomic mass is 10.1. The molecule has 0 aliphatic heterocycles. The number of fused-ring (bicyclic) bond motifs is 1. The first-order valence-corrected chi connectivity index (χ1v) is 6.27. The Morgan fingerprint density at radius 2 is 2.16 bits per heavy atom. The van der Waals surface area contributed by atoms with Crippen molar-refractivity contribution < 1.29 is 9.15 Å². The third-order valence-corrected chi connectivity index (χ3v) is 2.82. The summed E-state index contributed by atoms with van der Waals surface area (Å²) in [5.74, 6) is 0.560. The molecule has 4 heteroatoms. The molecule has 19 heavy (non-hydrogen) atoms. The topological polar surface area (TPSA) is 63.2 Å². The van der Waals surface area contributed by atoms with Gasteiger partial charge in [0, 0.05) is 5.39 Å². The van der Waals surface area contributed by atoms with E-state index in [0.29, 0.717) is 23.3 Å². The van der Waals surface area contributed by atoms with Crippen LogP contribution in [0.3, 0.4) is 0 Å². The zero-order valence-corrected chi connectivity index (χ0v) is 11.0. The van der Waals surface area contributed by atoms with Crippen molar-refractivity contribution in [3.8, 4) is 11.8 Å². The third kappa shape index (κ3) is 2.76. The van der Waals surface area contributed by atoms with Crippen molar-refractivity contribution in [2.45, 2.75) is 26.7 Å². The fraction of sp³-hybridized carbons (Fsp3) is 0.333. The van der Waals surface area contributed by atoms with E-state index in [1.165, 1.54) is 0 Å². The first-order valence-electron chi connectivity index (χ1n) is 6.27. The van der Waals surface area contributed by atoms with E-state index in [4.69, 9.17) is 14.4 Å². The van der Waals surface area contributed by atoms with Gasteiger partial charge in [-0.25, -0.2) is 4.79 Å². The molecule has 0 aliphatic rings. The summed E-state index contributed by atoms with van der Waals surface area (Å²) >= 11 is 0. The predicted molar refractivity (Wildman–Crippen MR) is 72.3 cm³/mol. The van der Waals surface area contributed by atoms with Gasteiger partial charge in [0.1, 0.15) is 11.6 Å². The van der Waals surface area contributed by atoms with Crippen LogP contribution in [-0.2, 0) is 0 Å². The molecule has 0 saturated heterocycles. The average Bonchev–Trinajstić information content (AvgIpc) is 2.39. The molecule has 0 N–H and O–H groups in total. The molecule has 0 unspecified atom stereocenters. The molecule has 4 nitrogen and oxygen atoms in total. The van der Waals surface area contributed by atoms with E-state index in [0.717, 1.165) is 18.4 Å². The minimum Gasteiger partial charge on any atom is -0.490 e. The van der Waals surface area contributed by atoms with Crippen LogP contribution in [0.4, 0.5) is 0 Å². The summed E-state index contributed by atoms with van der Waals surface area (Å²) in [4.78, 5) is 11.6. The molecule has 2 aromatic rings. The smallest absolute Gasteiger partial charge is 0.354 e. The summed E-state index contributed by atoms with van der Waals surface area (Å²) in [6, 6.07) is 7.08. The van der Waals surface area contributed by atoms with E-state index in [1.807, 2.05) is 25.1 Å². The molecular formula is C15H15NO3. The van der Waals surface area contributed by atoms with Crippen molar-refractivity contribution in [1.82, 2.24) is 0 Å². The van der Waals surface area contributed by atoms with Gasteiger partial charge in [-0.1, -0.05) is 13.3 Å². The van der Waals surface area contributed by atoms with Gasteiger partial charge in [-0.2, -0.15) is 5.26 Å². The highest BCUT2D eigenvalue weighted by Crippen LogP contribution is 2.27. The lowest BCUT2D eigenvalue weighted by molar-refractivity contribution is 0.307. The van der Waals surface area contributed by atoms with Gasteiger partial charge in [0.15, 0.2) is 11.3 Å². The molecule has 2 rings (SSSR count). The van der Waals surface area contributed by atoms with E-state index >= 15 is 0 Å². The standard InChI is InChI=1S/C15H15NO3/c1-3-4-5-18-13-7-10(2)6-11-8-12(9-16)15(17)19-14(11)13/h6-8H,3-5H2,1-2H3. The molecule has 0 radical (unpaired) electrons. The number of nitrogens with zero attached hydrogens (tertiary/aromatic N) is 1. The summed E-state index contributed by atoms with van der Waals surface area (Å²) in [6.07, 6.45) is 1.97. The zero-order valence-electron chi connectivity index (χ0n) is 11.0. The van der Waals surface area contributed by atoms with Gasteiger partial charge < -0.3 is 9.15 Å². The van der Waals surface area contributed by atoms with Crippen molar-refractivity contribution in [3.63, 3.8) is 0 Å². The van der Waals surface area contributed by atoms with Crippen molar-refractivity contribution in [2.75, 3.05) is 6.61 Å². The number of benzene rings is 1. The van der Waals surface area contributed by atoms with Crippen LogP contribution >= 0.6 is 0 Å². The number of ether oxygens (including phenoxy) is 1. The maximum absolute atomic E-state index is 11.6. The van der Waals surface area contributed by atoms with Crippen LogP contribution in [0.2, 0.25) is 0 Å². The SMILES string of the molecule is CCCCOc1cc(C)cc2cc(C#N)c(=O)oc12. The molecule has 0 amide bonds. The second kappa shape index (κ2) is 5.57. The van der Waals surface area contributed by atoms with Gasteiger partial charge in [0.2, 0.25) is 0 Å². The predicted octanol–water partition coefficient (Wildman–Crippen LogP) is 3.15. The molecular weight excluding hydrogens is 242 g/mol. The van der Waals surface area contributed by atoms with Crippen molar-refractivity contribution >= 4 is 11.0 Å². The lowest BCUT2D eigenvalue weighted by Gasteiger charge is -2.09. The quantitative estimate of drug-likeness (QED) is 0.623. The Bertz CT molecular complexity index is 695. The minimum absolute atomic E-state index is 0.0117. The Hall–Kier alpha value is -2.28. The maximum Gasteiger partial charge on any atom is 0.354 e. The van der Waals surface area contributed by atoms with Gasteiger partial charge in [0.05, 0.1) is 6.61 Å². The number of aryl methyl sites for hydroxylation is 1. The summed E-state index contributed by atoms with van der Waals surface area (Å²) in [7, 11) is 0. The van der Waals surface area contributed by atoms with Crippen LogP contribution < -0.4 is 10.4 Å². The second-order valence-electron chi connectivity index (χ2n) is 4.44. The van der Waals surface area contributed by atoms with Crippen LogP contribution in [0.25, 0.3) is 11.0 Å². The van der Waals surface area contributed by atoms with E-state index in [-0.39, 0.29) is 5.56 Å². The highest BCUT2D eigenvalue weighted by atomic mass is 16.5. The zero-order chi connectivity index (χ0) is 13.8. The largest absolute Gasteiger partial charge is 0.490 e. The fourth-order valence-electron chi connectivity index (χ4n) is 1.86. The van der Waals surface area contributed by atoms with Crippen molar-refractivity contribution in [1.29, 1.82) is 5.26 Å². The summed E-state index contributed by atoms with van der Waals surface area (Å²) in [5.41, 5.74) is 0.791. The molecule has 0 atom stereocenters. The van der Waals surface area contributed by atoms with Crippen LogP contribution in [0.5, 0.6) is 5.75 Å². The van der Waals surface area contributed by atoms with Gasteiger partial charge in [0.25, 0.3) is 0 Å². The van der Waals surface area contributed by atoms with Gasteiger partial charge in [-0.15, -0.1) is 0 Å². The van der Waals surface area contributed by atoms with Gasteiger partial charge in [-0.3, -0.25) is 0 Å². The average molecular weight is 257 g/mol. The highest BCUT2D eigenvalue weighted by Gasteiger charge is 2.10. The monoisotopic (exact) mass is 257 g/mol. The molecule has 0 aliphatic carbocycles. The van der Waals surface area contributed by atoms with E-state index in [1.54, 1.807) is 6.07 Å². The Balaban J connectivity index is 2.54. The lowest BCUT2D eigenvalue weighted by Crippen LogP contribution is -2.05. The molecule has 98 valence electrons. The minimum atomic E-state index is -0.626.